The lowest BCUT2D eigenvalue weighted by Gasteiger charge is -2.45. The number of nitrogens with zero attached hydrogens (tertiary/aromatic N) is 6. The standard InChI is InChI=1S/C30H41N7O3/c1-21-13-24(15-27(14-21)35-19-25-17-34(23(3)39)18-26(25)20-35)16-36-9-4-6-30(36)7-11-33(12-8-30)29(40)37-10-5-28(32-37)31-22(2)38/h5,10,13-15,25-26H,4,6-9,11-12,16-20H2,1-3H3,(H,31,32,38). The molecule has 5 heterocycles. The Labute approximate surface area is 236 Å². The highest BCUT2D eigenvalue weighted by Crippen LogP contribution is 2.40. The molecule has 1 aromatic heterocycles. The van der Waals surface area contributed by atoms with E-state index in [1.165, 1.54) is 41.3 Å². The topological polar surface area (TPSA) is 94.0 Å². The summed E-state index contributed by atoms with van der Waals surface area (Å²) in [5, 5.41) is 6.85. The molecule has 4 fully saturated rings. The number of carbonyl (C=O) groups excluding carboxylic acids is 3. The summed E-state index contributed by atoms with van der Waals surface area (Å²) in [6.07, 6.45) is 5.89. The van der Waals surface area contributed by atoms with E-state index in [4.69, 9.17) is 0 Å². The first kappa shape index (κ1) is 26.8. The molecule has 214 valence electrons. The van der Waals surface area contributed by atoms with Gasteiger partial charge in [0, 0.05) is 95.0 Å². The quantitative estimate of drug-likeness (QED) is 0.632. The van der Waals surface area contributed by atoms with Crippen molar-refractivity contribution in [3.8, 4) is 0 Å². The molecule has 2 unspecified atom stereocenters. The first-order valence-electron chi connectivity index (χ1n) is 14.7. The SMILES string of the molecule is CC(=O)Nc1ccn(C(=O)N2CCC3(CCCN3Cc3cc(C)cc(N4CC5CN(C(C)=O)CC5C4)c3)CC2)n1. The monoisotopic (exact) mass is 547 g/mol. The number of piperidine rings is 1. The van der Waals surface area contributed by atoms with Crippen LogP contribution in [0.1, 0.15) is 50.7 Å². The van der Waals surface area contributed by atoms with E-state index < -0.39 is 0 Å². The van der Waals surface area contributed by atoms with Crippen LogP contribution in [0.3, 0.4) is 0 Å². The van der Waals surface area contributed by atoms with E-state index in [0.717, 1.165) is 52.1 Å². The number of amides is 3. The molecule has 40 heavy (non-hydrogen) atoms. The molecule has 1 spiro atoms. The Bertz CT molecular complexity index is 1280. The molecule has 1 N–H and O–H groups in total. The van der Waals surface area contributed by atoms with Gasteiger partial charge in [0.1, 0.15) is 0 Å². The number of hydrogen-bond donors (Lipinski definition) is 1. The van der Waals surface area contributed by atoms with Gasteiger partial charge in [-0.05, 0) is 62.4 Å². The second kappa shape index (κ2) is 10.5. The van der Waals surface area contributed by atoms with Crippen LogP contribution in [0.5, 0.6) is 0 Å². The van der Waals surface area contributed by atoms with Crippen LogP contribution in [-0.4, -0.2) is 93.7 Å². The fourth-order valence-corrected chi connectivity index (χ4v) is 7.54. The van der Waals surface area contributed by atoms with E-state index in [1.807, 2.05) is 9.80 Å². The fourth-order valence-electron chi connectivity index (χ4n) is 7.54. The Morgan fingerprint density at radius 1 is 0.950 bits per heavy atom. The van der Waals surface area contributed by atoms with Crippen LogP contribution < -0.4 is 10.2 Å². The number of fused-ring (bicyclic) bond motifs is 1. The average Bonchev–Trinajstić information content (AvgIpc) is 3.68. The summed E-state index contributed by atoms with van der Waals surface area (Å²) < 4.78 is 1.33. The molecule has 6 rings (SSSR count). The maximum Gasteiger partial charge on any atom is 0.344 e. The Morgan fingerprint density at radius 3 is 2.35 bits per heavy atom. The van der Waals surface area contributed by atoms with E-state index in [2.05, 4.69) is 45.3 Å². The van der Waals surface area contributed by atoms with Crippen LogP contribution in [-0.2, 0) is 16.1 Å². The molecule has 2 atom stereocenters. The minimum absolute atomic E-state index is 0.132. The van der Waals surface area contributed by atoms with Gasteiger partial charge in [-0.3, -0.25) is 14.5 Å². The third-order valence-electron chi connectivity index (χ3n) is 9.59. The van der Waals surface area contributed by atoms with E-state index in [0.29, 0.717) is 30.7 Å². The van der Waals surface area contributed by atoms with E-state index in [9.17, 15) is 14.4 Å². The van der Waals surface area contributed by atoms with Crippen molar-refractivity contribution in [2.45, 2.75) is 58.5 Å². The summed E-state index contributed by atoms with van der Waals surface area (Å²) in [4.78, 5) is 45.3. The molecule has 0 bridgehead atoms. The largest absolute Gasteiger partial charge is 0.371 e. The van der Waals surface area contributed by atoms with Crippen LogP contribution in [0.2, 0.25) is 0 Å². The molecule has 10 nitrogen and oxygen atoms in total. The Hall–Kier alpha value is -3.40. The minimum atomic E-state index is -0.205. The lowest BCUT2D eigenvalue weighted by atomic mass is 9.84. The number of aromatic nitrogens is 2. The number of nitrogens with one attached hydrogen (secondary N) is 1. The van der Waals surface area contributed by atoms with Gasteiger partial charge in [0.05, 0.1) is 0 Å². The Morgan fingerprint density at radius 2 is 1.68 bits per heavy atom. The van der Waals surface area contributed by atoms with E-state index in [-0.39, 0.29) is 23.4 Å². The third kappa shape index (κ3) is 5.21. The molecule has 4 aliphatic rings. The number of aryl methyl sites for hydroxylation is 1. The predicted octanol–water partition coefficient (Wildman–Crippen LogP) is 3.16. The van der Waals surface area contributed by atoms with Crippen LogP contribution in [0.15, 0.2) is 30.5 Å². The fraction of sp³-hybridized carbons (Fsp3) is 0.600. The zero-order valence-corrected chi connectivity index (χ0v) is 23.9. The van der Waals surface area contributed by atoms with Crippen molar-refractivity contribution in [2.75, 3.05) is 56.0 Å². The van der Waals surface area contributed by atoms with Crippen molar-refractivity contribution in [3.05, 3.63) is 41.6 Å². The van der Waals surface area contributed by atoms with Gasteiger partial charge in [0.15, 0.2) is 5.82 Å². The minimum Gasteiger partial charge on any atom is -0.371 e. The molecule has 0 radical (unpaired) electrons. The summed E-state index contributed by atoms with van der Waals surface area (Å²) in [5.74, 6) is 1.53. The molecule has 1 aromatic carbocycles. The summed E-state index contributed by atoms with van der Waals surface area (Å²) in [7, 11) is 0. The van der Waals surface area contributed by atoms with Crippen molar-refractivity contribution < 1.29 is 14.4 Å². The third-order valence-corrected chi connectivity index (χ3v) is 9.59. The molecular formula is C30H41N7O3. The van der Waals surface area contributed by atoms with Crippen molar-refractivity contribution in [1.82, 2.24) is 24.5 Å². The molecule has 4 saturated heterocycles. The summed E-state index contributed by atoms with van der Waals surface area (Å²) in [6, 6.07) is 8.53. The molecule has 10 heteroatoms. The van der Waals surface area contributed by atoms with Gasteiger partial charge >= 0.3 is 6.03 Å². The lowest BCUT2D eigenvalue weighted by Crippen LogP contribution is -2.53. The highest BCUT2D eigenvalue weighted by molar-refractivity contribution is 5.88. The second-order valence-electron chi connectivity index (χ2n) is 12.4. The van der Waals surface area contributed by atoms with Crippen molar-refractivity contribution in [3.63, 3.8) is 0 Å². The first-order chi connectivity index (χ1) is 19.2. The average molecular weight is 548 g/mol. The van der Waals surface area contributed by atoms with Crippen LogP contribution in [0.25, 0.3) is 0 Å². The maximum atomic E-state index is 13.1. The Kier molecular flexibility index (Phi) is 7.06. The summed E-state index contributed by atoms with van der Waals surface area (Å²) in [6.45, 7) is 12.6. The maximum absolute atomic E-state index is 13.1. The number of anilines is 2. The molecule has 3 amide bonds. The number of carbonyl (C=O) groups is 3. The van der Waals surface area contributed by atoms with Gasteiger partial charge in [-0.25, -0.2) is 4.79 Å². The van der Waals surface area contributed by atoms with Gasteiger partial charge in [-0.2, -0.15) is 4.68 Å². The van der Waals surface area contributed by atoms with Crippen LogP contribution in [0, 0.1) is 18.8 Å². The zero-order chi connectivity index (χ0) is 28.0. The van der Waals surface area contributed by atoms with Gasteiger partial charge in [0.2, 0.25) is 11.8 Å². The van der Waals surface area contributed by atoms with Crippen LogP contribution >= 0.6 is 0 Å². The smallest absolute Gasteiger partial charge is 0.344 e. The predicted molar refractivity (Wildman–Crippen MR) is 153 cm³/mol. The van der Waals surface area contributed by atoms with Crippen LogP contribution in [0.4, 0.5) is 16.3 Å². The van der Waals surface area contributed by atoms with Crippen molar-refractivity contribution in [1.29, 1.82) is 0 Å². The second-order valence-corrected chi connectivity index (χ2v) is 12.4. The van der Waals surface area contributed by atoms with Crippen molar-refractivity contribution in [2.24, 2.45) is 11.8 Å². The van der Waals surface area contributed by atoms with E-state index in [1.54, 1.807) is 19.2 Å². The number of benzene rings is 1. The highest BCUT2D eigenvalue weighted by Gasteiger charge is 2.44. The molecule has 4 aliphatic heterocycles. The molecule has 2 aromatic rings. The normalized spacial score (nSPS) is 24.1. The van der Waals surface area contributed by atoms with Gasteiger partial charge in [0.25, 0.3) is 0 Å². The van der Waals surface area contributed by atoms with Crippen molar-refractivity contribution >= 4 is 29.4 Å². The summed E-state index contributed by atoms with van der Waals surface area (Å²) >= 11 is 0. The van der Waals surface area contributed by atoms with E-state index >= 15 is 0 Å². The number of hydrogen-bond acceptors (Lipinski definition) is 6. The first-order valence-corrected chi connectivity index (χ1v) is 14.7. The van der Waals surface area contributed by atoms with Gasteiger partial charge < -0.3 is 20.0 Å². The number of likely N-dealkylation sites (tertiary alicyclic amines) is 3. The Balaban J connectivity index is 1.09. The highest BCUT2D eigenvalue weighted by atomic mass is 16.2. The lowest BCUT2D eigenvalue weighted by molar-refractivity contribution is -0.128. The van der Waals surface area contributed by atoms with Gasteiger partial charge in [-0.15, -0.1) is 5.10 Å². The van der Waals surface area contributed by atoms with Gasteiger partial charge in [-0.1, -0.05) is 6.07 Å². The molecular weight excluding hydrogens is 506 g/mol. The molecule has 0 aliphatic carbocycles. The number of rotatable bonds is 4. The zero-order valence-electron chi connectivity index (χ0n) is 23.9. The summed E-state index contributed by atoms with van der Waals surface area (Å²) in [5.41, 5.74) is 4.10. The molecule has 0 saturated carbocycles.